The summed E-state index contributed by atoms with van der Waals surface area (Å²) in [5, 5.41) is 0.345. The molecule has 7 heteroatoms. The molecule has 26 heavy (non-hydrogen) atoms. The second-order valence-corrected chi connectivity index (χ2v) is 6.46. The predicted molar refractivity (Wildman–Crippen MR) is 99.8 cm³/mol. The summed E-state index contributed by atoms with van der Waals surface area (Å²) < 4.78 is 25.0. The van der Waals surface area contributed by atoms with E-state index in [0.29, 0.717) is 28.7 Å². The van der Waals surface area contributed by atoms with Crippen LogP contribution in [0.4, 0.5) is 4.39 Å². The van der Waals surface area contributed by atoms with Gasteiger partial charge in [-0.3, -0.25) is 4.79 Å². The molecule has 1 heterocycles. The van der Waals surface area contributed by atoms with Crippen molar-refractivity contribution in [2.45, 2.75) is 6.61 Å². The summed E-state index contributed by atoms with van der Waals surface area (Å²) in [6.45, 7) is 7.48. The number of methoxy groups -OCH3 is 1. The first kappa shape index (κ1) is 19.8. The molecule has 0 unspecified atom stereocenters. The summed E-state index contributed by atoms with van der Waals surface area (Å²) in [5.41, 5.74) is 0.428. The van der Waals surface area contributed by atoms with Gasteiger partial charge in [0, 0.05) is 35.8 Å². The van der Waals surface area contributed by atoms with E-state index in [4.69, 9.17) is 9.47 Å². The molecule has 2 aromatic rings. The van der Waals surface area contributed by atoms with Crippen LogP contribution >= 0.6 is 11.3 Å². The molecular weight excluding hydrogens is 357 g/mol. The molecular formula is C19H20FNO4S. The average Bonchev–Trinajstić information content (AvgIpc) is 2.99. The van der Waals surface area contributed by atoms with Crippen LogP contribution in [0.15, 0.2) is 43.5 Å². The first-order valence-electron chi connectivity index (χ1n) is 7.89. The molecule has 0 atom stereocenters. The van der Waals surface area contributed by atoms with Crippen LogP contribution in [0.1, 0.15) is 15.2 Å². The number of carbonyl (C=O) groups is 2. The normalized spacial score (nSPS) is 10.5. The van der Waals surface area contributed by atoms with E-state index in [1.54, 1.807) is 24.3 Å². The molecule has 0 bridgehead atoms. The quantitative estimate of drug-likeness (QED) is 0.495. The van der Waals surface area contributed by atoms with Crippen LogP contribution in [0.2, 0.25) is 0 Å². The summed E-state index contributed by atoms with van der Waals surface area (Å²) in [4.78, 5) is 26.3. The van der Waals surface area contributed by atoms with Gasteiger partial charge in [0.25, 0.3) is 5.91 Å². The van der Waals surface area contributed by atoms with E-state index in [1.807, 2.05) is 0 Å². The molecule has 1 amide bonds. The first-order valence-corrected chi connectivity index (χ1v) is 8.70. The maximum absolute atomic E-state index is 14.2. The number of hydrogen-bond acceptors (Lipinski definition) is 5. The summed E-state index contributed by atoms with van der Waals surface area (Å²) in [5.74, 6) is -1.47. The van der Waals surface area contributed by atoms with Gasteiger partial charge in [-0.25, -0.2) is 9.18 Å². The van der Waals surface area contributed by atoms with E-state index in [1.165, 1.54) is 18.1 Å². The van der Waals surface area contributed by atoms with Gasteiger partial charge in [-0.15, -0.1) is 24.5 Å². The smallest absolute Gasteiger partial charge is 0.349 e. The van der Waals surface area contributed by atoms with Gasteiger partial charge < -0.3 is 14.4 Å². The Morgan fingerprint density at radius 3 is 2.58 bits per heavy atom. The number of carbonyl (C=O) groups excluding carboxylic acids is 2. The van der Waals surface area contributed by atoms with Crippen molar-refractivity contribution < 1.29 is 23.5 Å². The third-order valence-electron chi connectivity index (χ3n) is 3.62. The molecule has 0 N–H and O–H groups in total. The largest absolute Gasteiger partial charge is 0.451 e. The predicted octanol–water partition coefficient (Wildman–Crippen LogP) is 3.54. The number of rotatable bonds is 9. The zero-order valence-electron chi connectivity index (χ0n) is 14.5. The summed E-state index contributed by atoms with van der Waals surface area (Å²) in [7, 11) is 1.46. The van der Waals surface area contributed by atoms with E-state index in [2.05, 4.69) is 13.2 Å². The second-order valence-electron chi connectivity index (χ2n) is 5.41. The number of hydrogen-bond donors (Lipinski definition) is 0. The molecule has 0 saturated carbocycles. The van der Waals surface area contributed by atoms with Crippen molar-refractivity contribution in [3.8, 4) is 0 Å². The Kier molecular flexibility index (Phi) is 7.06. The van der Waals surface area contributed by atoms with Crippen molar-refractivity contribution in [1.29, 1.82) is 0 Å². The summed E-state index contributed by atoms with van der Waals surface area (Å²) in [6, 6.07) is 4.63. The van der Waals surface area contributed by atoms with Crippen LogP contribution in [0.5, 0.6) is 0 Å². The van der Waals surface area contributed by atoms with E-state index >= 15 is 0 Å². The minimum absolute atomic E-state index is 0.0678. The molecule has 138 valence electrons. The Labute approximate surface area is 155 Å². The van der Waals surface area contributed by atoms with Gasteiger partial charge in [-0.1, -0.05) is 18.2 Å². The van der Waals surface area contributed by atoms with E-state index < -0.39 is 18.4 Å². The maximum Gasteiger partial charge on any atom is 0.349 e. The van der Waals surface area contributed by atoms with Crippen LogP contribution in [0.25, 0.3) is 10.1 Å². The number of esters is 1. The minimum atomic E-state index is -0.678. The highest BCUT2D eigenvalue weighted by Crippen LogP contribution is 2.34. The Morgan fingerprint density at radius 1 is 1.27 bits per heavy atom. The van der Waals surface area contributed by atoms with Gasteiger partial charge in [0.15, 0.2) is 6.61 Å². The van der Waals surface area contributed by atoms with E-state index in [-0.39, 0.29) is 17.4 Å². The fraction of sp³-hybridized carbons (Fsp3) is 0.263. The molecule has 0 spiro atoms. The van der Waals surface area contributed by atoms with Crippen molar-refractivity contribution in [2.24, 2.45) is 0 Å². The molecule has 0 radical (unpaired) electrons. The lowest BCUT2D eigenvalue weighted by atomic mass is 10.1. The zero-order valence-corrected chi connectivity index (χ0v) is 15.3. The van der Waals surface area contributed by atoms with Crippen molar-refractivity contribution in [1.82, 2.24) is 4.90 Å². The number of halogens is 1. The number of thiophene rings is 1. The molecule has 1 aromatic carbocycles. The third kappa shape index (κ3) is 4.36. The van der Waals surface area contributed by atoms with Crippen LogP contribution in [-0.2, 0) is 20.9 Å². The highest BCUT2D eigenvalue weighted by atomic mass is 32.1. The highest BCUT2D eigenvalue weighted by molar-refractivity contribution is 7.21. The number of nitrogens with zero attached hydrogens (tertiary/aromatic N) is 1. The van der Waals surface area contributed by atoms with Crippen LogP contribution < -0.4 is 0 Å². The lowest BCUT2D eigenvalue weighted by Gasteiger charge is -2.18. The van der Waals surface area contributed by atoms with Gasteiger partial charge in [0.2, 0.25) is 0 Å². The van der Waals surface area contributed by atoms with Gasteiger partial charge >= 0.3 is 5.97 Å². The monoisotopic (exact) mass is 377 g/mol. The fourth-order valence-corrected chi connectivity index (χ4v) is 3.60. The highest BCUT2D eigenvalue weighted by Gasteiger charge is 2.23. The molecule has 2 rings (SSSR count). The Hall–Kier alpha value is -2.51. The lowest BCUT2D eigenvalue weighted by molar-refractivity contribution is -0.133. The van der Waals surface area contributed by atoms with Crippen molar-refractivity contribution in [3.63, 3.8) is 0 Å². The van der Waals surface area contributed by atoms with Gasteiger partial charge in [-0.05, 0) is 12.1 Å². The minimum Gasteiger partial charge on any atom is -0.451 e. The SMILES string of the molecule is C=CCN(CC=C)C(=O)COC(=O)c1sc2cccc(F)c2c1COC. The van der Waals surface area contributed by atoms with Gasteiger partial charge in [0.1, 0.15) is 10.7 Å². The average molecular weight is 377 g/mol. The number of benzene rings is 1. The summed E-state index contributed by atoms with van der Waals surface area (Å²) >= 11 is 1.11. The molecule has 0 aliphatic carbocycles. The van der Waals surface area contributed by atoms with Gasteiger partial charge in [0.05, 0.1) is 6.61 Å². The van der Waals surface area contributed by atoms with Crippen molar-refractivity contribution in [3.05, 3.63) is 59.8 Å². The Morgan fingerprint density at radius 2 is 1.96 bits per heavy atom. The van der Waals surface area contributed by atoms with Crippen LogP contribution in [0, 0.1) is 5.82 Å². The fourth-order valence-electron chi connectivity index (χ4n) is 2.49. The number of amides is 1. The first-order chi connectivity index (χ1) is 12.5. The van der Waals surface area contributed by atoms with Gasteiger partial charge in [-0.2, -0.15) is 0 Å². The molecule has 5 nitrogen and oxygen atoms in total. The molecule has 0 aliphatic rings. The molecule has 0 fully saturated rings. The standard InChI is InChI=1S/C19H20FNO4S/c1-4-9-21(10-5-2)16(22)12-25-19(23)18-13(11-24-3)17-14(20)7-6-8-15(17)26-18/h4-8H,1-2,9-12H2,3H3. The lowest BCUT2D eigenvalue weighted by Crippen LogP contribution is -2.35. The topological polar surface area (TPSA) is 55.8 Å². The van der Waals surface area contributed by atoms with Crippen LogP contribution in [0.3, 0.4) is 0 Å². The van der Waals surface area contributed by atoms with E-state index in [0.717, 1.165) is 11.3 Å². The molecule has 1 aromatic heterocycles. The van der Waals surface area contributed by atoms with Crippen molar-refractivity contribution >= 4 is 33.3 Å². The third-order valence-corrected chi connectivity index (χ3v) is 4.79. The second kappa shape index (κ2) is 9.26. The van der Waals surface area contributed by atoms with E-state index in [9.17, 15) is 14.0 Å². The maximum atomic E-state index is 14.2. The summed E-state index contributed by atoms with van der Waals surface area (Å²) in [6.07, 6.45) is 3.16. The Balaban J connectivity index is 2.20. The zero-order chi connectivity index (χ0) is 19.1. The number of ether oxygens (including phenoxy) is 2. The Bertz CT molecular complexity index is 820. The molecule has 0 aliphatic heterocycles. The van der Waals surface area contributed by atoms with Crippen LogP contribution in [-0.4, -0.2) is 43.6 Å². The number of fused-ring (bicyclic) bond motifs is 1. The molecule has 0 saturated heterocycles. The van der Waals surface area contributed by atoms with Crippen molar-refractivity contribution in [2.75, 3.05) is 26.8 Å².